The first kappa shape index (κ1) is 18.3. The van der Waals surface area contributed by atoms with Crippen molar-refractivity contribution in [3.8, 4) is 40.0 Å². The van der Waals surface area contributed by atoms with E-state index in [0.717, 1.165) is 16.7 Å². The van der Waals surface area contributed by atoms with Gasteiger partial charge in [0, 0.05) is 11.1 Å². The lowest BCUT2D eigenvalue weighted by Crippen LogP contribution is -2.00. The van der Waals surface area contributed by atoms with Crippen LogP contribution in [0, 0.1) is 18.3 Å². The number of rotatable bonds is 5. The Labute approximate surface area is 159 Å². The van der Waals surface area contributed by atoms with Crippen molar-refractivity contribution in [3.63, 3.8) is 0 Å². The van der Waals surface area contributed by atoms with Crippen LogP contribution in [0.25, 0.3) is 22.4 Å². The number of ether oxygens (including phenoxy) is 2. The molecule has 5 nitrogen and oxygen atoms in total. The minimum atomic E-state index is 0.207. The van der Waals surface area contributed by atoms with Gasteiger partial charge >= 0.3 is 0 Å². The van der Waals surface area contributed by atoms with Crippen LogP contribution in [0.1, 0.15) is 18.1 Å². The third-order valence-electron chi connectivity index (χ3n) is 4.28. The van der Waals surface area contributed by atoms with Crippen LogP contribution in [-0.4, -0.2) is 18.7 Å². The second-order valence-electron chi connectivity index (χ2n) is 6.09. The number of aryl methyl sites for hydroxylation is 1. The largest absolute Gasteiger partial charge is 0.493 e. The minimum absolute atomic E-state index is 0.207. The Morgan fingerprint density at radius 1 is 1.04 bits per heavy atom. The van der Waals surface area contributed by atoms with Crippen molar-refractivity contribution in [1.82, 2.24) is 4.98 Å². The highest BCUT2D eigenvalue weighted by Crippen LogP contribution is 2.36. The van der Waals surface area contributed by atoms with Crippen molar-refractivity contribution in [3.05, 3.63) is 59.7 Å². The van der Waals surface area contributed by atoms with Crippen molar-refractivity contribution >= 4 is 5.82 Å². The molecule has 0 aliphatic carbocycles. The number of nitrogens with zero attached hydrogens (tertiary/aromatic N) is 2. The van der Waals surface area contributed by atoms with Gasteiger partial charge in [-0.25, -0.2) is 4.98 Å². The maximum Gasteiger partial charge on any atom is 0.161 e. The van der Waals surface area contributed by atoms with Gasteiger partial charge in [0.05, 0.1) is 19.4 Å². The highest BCUT2D eigenvalue weighted by Gasteiger charge is 2.15. The minimum Gasteiger partial charge on any atom is -0.493 e. The van der Waals surface area contributed by atoms with Crippen molar-refractivity contribution in [2.24, 2.45) is 0 Å². The number of anilines is 1. The number of benzene rings is 2. The summed E-state index contributed by atoms with van der Waals surface area (Å²) in [6.07, 6.45) is 0. The molecule has 3 rings (SSSR count). The molecule has 0 unspecified atom stereocenters. The Balaban J connectivity index is 2.17. The molecule has 0 amide bonds. The van der Waals surface area contributed by atoms with E-state index in [2.05, 4.69) is 11.1 Å². The normalized spacial score (nSPS) is 10.3. The molecule has 27 heavy (non-hydrogen) atoms. The predicted octanol–water partition coefficient (Wildman–Crippen LogP) is 4.59. The molecule has 0 fully saturated rings. The number of hydrogen-bond donors (Lipinski definition) is 1. The lowest BCUT2D eigenvalue weighted by Gasteiger charge is -2.14. The first-order chi connectivity index (χ1) is 13.1. The molecule has 0 atom stereocenters. The number of hydrogen-bond acceptors (Lipinski definition) is 5. The van der Waals surface area contributed by atoms with Crippen molar-refractivity contribution in [2.45, 2.75) is 13.8 Å². The Hall–Kier alpha value is -3.52. The average Bonchev–Trinajstić information content (AvgIpc) is 2.68. The number of methoxy groups -OCH3 is 1. The first-order valence-electron chi connectivity index (χ1n) is 8.66. The zero-order chi connectivity index (χ0) is 19.4. The standard InChI is InChI=1S/C22H21N3O2/c1-4-27-20-10-9-16(11-21(20)26-3)17-12-19(25-22(24)18(17)13-23)15-7-5-14(2)6-8-15/h5-12H,4H2,1-3H3,(H2,24,25). The third-order valence-corrected chi connectivity index (χ3v) is 4.28. The van der Waals surface area contributed by atoms with Gasteiger partial charge in [-0.1, -0.05) is 35.9 Å². The molecule has 0 spiro atoms. The molecular formula is C22H21N3O2. The lowest BCUT2D eigenvalue weighted by atomic mass is 9.98. The molecular weight excluding hydrogens is 338 g/mol. The molecule has 1 heterocycles. The van der Waals surface area contributed by atoms with Gasteiger partial charge in [0.25, 0.3) is 0 Å². The molecule has 0 bridgehead atoms. The van der Waals surface area contributed by atoms with E-state index < -0.39 is 0 Å². The van der Waals surface area contributed by atoms with Crippen molar-refractivity contribution < 1.29 is 9.47 Å². The molecule has 0 saturated carbocycles. The fourth-order valence-electron chi connectivity index (χ4n) is 2.89. The van der Waals surface area contributed by atoms with Crippen LogP contribution in [0.3, 0.4) is 0 Å². The summed E-state index contributed by atoms with van der Waals surface area (Å²) in [5, 5.41) is 9.60. The molecule has 0 aliphatic rings. The fourth-order valence-corrected chi connectivity index (χ4v) is 2.89. The van der Waals surface area contributed by atoms with Crippen LogP contribution in [0.15, 0.2) is 48.5 Å². The number of nitrogens with two attached hydrogens (primary N) is 1. The van der Waals surface area contributed by atoms with Crippen LogP contribution in [0.5, 0.6) is 11.5 Å². The Bertz CT molecular complexity index is 1010. The van der Waals surface area contributed by atoms with Gasteiger partial charge in [0.15, 0.2) is 11.5 Å². The number of pyridine rings is 1. The van der Waals surface area contributed by atoms with Crippen LogP contribution in [-0.2, 0) is 0 Å². The summed E-state index contributed by atoms with van der Waals surface area (Å²) in [5.74, 6) is 1.46. The topological polar surface area (TPSA) is 81.2 Å². The molecule has 3 aromatic rings. The number of aromatic nitrogens is 1. The van der Waals surface area contributed by atoms with E-state index in [1.165, 1.54) is 0 Å². The maximum absolute atomic E-state index is 9.60. The maximum atomic E-state index is 9.60. The van der Waals surface area contributed by atoms with Gasteiger partial charge in [0.2, 0.25) is 0 Å². The Kier molecular flexibility index (Phi) is 5.28. The zero-order valence-electron chi connectivity index (χ0n) is 15.6. The summed E-state index contributed by atoms with van der Waals surface area (Å²) in [7, 11) is 1.59. The lowest BCUT2D eigenvalue weighted by molar-refractivity contribution is 0.311. The highest BCUT2D eigenvalue weighted by atomic mass is 16.5. The van der Waals surface area contributed by atoms with E-state index in [9.17, 15) is 5.26 Å². The third kappa shape index (κ3) is 3.70. The predicted molar refractivity (Wildman–Crippen MR) is 107 cm³/mol. The van der Waals surface area contributed by atoms with Crippen LogP contribution >= 0.6 is 0 Å². The number of nitrogen functional groups attached to an aromatic ring is 1. The summed E-state index contributed by atoms with van der Waals surface area (Å²) in [4.78, 5) is 4.42. The van der Waals surface area contributed by atoms with E-state index in [4.69, 9.17) is 15.2 Å². The van der Waals surface area contributed by atoms with Crippen molar-refractivity contribution in [2.75, 3.05) is 19.5 Å². The van der Waals surface area contributed by atoms with Gasteiger partial charge in [-0.2, -0.15) is 5.26 Å². The van der Waals surface area contributed by atoms with E-state index >= 15 is 0 Å². The summed E-state index contributed by atoms with van der Waals surface area (Å²) in [6.45, 7) is 4.49. The SMILES string of the molecule is CCOc1ccc(-c2cc(-c3ccc(C)cc3)nc(N)c2C#N)cc1OC. The molecule has 0 aliphatic heterocycles. The van der Waals surface area contributed by atoms with E-state index in [0.29, 0.717) is 34.9 Å². The molecule has 2 N–H and O–H groups in total. The molecule has 0 saturated heterocycles. The summed E-state index contributed by atoms with van der Waals surface area (Å²) < 4.78 is 11.0. The molecule has 1 aromatic heterocycles. The Morgan fingerprint density at radius 2 is 1.74 bits per heavy atom. The molecule has 2 aromatic carbocycles. The van der Waals surface area contributed by atoms with Crippen LogP contribution < -0.4 is 15.2 Å². The number of nitriles is 1. The van der Waals surface area contributed by atoms with Crippen LogP contribution in [0.2, 0.25) is 0 Å². The molecule has 5 heteroatoms. The first-order valence-corrected chi connectivity index (χ1v) is 8.66. The second-order valence-corrected chi connectivity index (χ2v) is 6.09. The van der Waals surface area contributed by atoms with Gasteiger partial charge in [-0.05, 0) is 37.6 Å². The zero-order valence-corrected chi connectivity index (χ0v) is 15.6. The van der Waals surface area contributed by atoms with Gasteiger partial charge in [0.1, 0.15) is 17.5 Å². The van der Waals surface area contributed by atoms with Crippen molar-refractivity contribution in [1.29, 1.82) is 5.26 Å². The molecule has 0 radical (unpaired) electrons. The quantitative estimate of drug-likeness (QED) is 0.721. The van der Waals surface area contributed by atoms with E-state index in [1.54, 1.807) is 7.11 Å². The van der Waals surface area contributed by atoms with Crippen LogP contribution in [0.4, 0.5) is 5.82 Å². The second kappa shape index (κ2) is 7.79. The van der Waals surface area contributed by atoms with Gasteiger partial charge < -0.3 is 15.2 Å². The van der Waals surface area contributed by atoms with Gasteiger partial charge in [-0.3, -0.25) is 0 Å². The van der Waals surface area contributed by atoms with E-state index in [1.807, 2.05) is 62.4 Å². The van der Waals surface area contributed by atoms with Gasteiger partial charge in [-0.15, -0.1) is 0 Å². The Morgan fingerprint density at radius 3 is 2.37 bits per heavy atom. The smallest absolute Gasteiger partial charge is 0.161 e. The summed E-state index contributed by atoms with van der Waals surface area (Å²) >= 11 is 0. The summed E-state index contributed by atoms with van der Waals surface area (Å²) in [6, 6.07) is 17.6. The fraction of sp³-hybridized carbons (Fsp3) is 0.182. The average molecular weight is 359 g/mol. The van der Waals surface area contributed by atoms with E-state index in [-0.39, 0.29) is 5.82 Å². The summed E-state index contributed by atoms with van der Waals surface area (Å²) in [5.41, 5.74) is 10.8. The highest BCUT2D eigenvalue weighted by molar-refractivity contribution is 5.81. The monoisotopic (exact) mass is 359 g/mol. The molecule has 136 valence electrons.